The van der Waals surface area contributed by atoms with E-state index in [-0.39, 0.29) is 18.3 Å². The highest BCUT2D eigenvalue weighted by atomic mass is 19.1. The van der Waals surface area contributed by atoms with Crippen molar-refractivity contribution in [1.82, 2.24) is 10.2 Å². The molecule has 2 heterocycles. The fourth-order valence-corrected chi connectivity index (χ4v) is 3.89. The van der Waals surface area contributed by atoms with Gasteiger partial charge in [-0.25, -0.2) is 4.39 Å². The molecule has 2 atom stereocenters. The molecule has 25 heavy (non-hydrogen) atoms. The molecule has 0 spiro atoms. The summed E-state index contributed by atoms with van der Waals surface area (Å²) in [6, 6.07) is 12.2. The lowest BCUT2D eigenvalue weighted by molar-refractivity contribution is 0.0951. The van der Waals surface area contributed by atoms with E-state index in [0.717, 1.165) is 18.7 Å². The number of fused-ring (bicyclic) bond motifs is 3. The maximum absolute atomic E-state index is 13.7. The predicted octanol–water partition coefficient (Wildman–Crippen LogP) is 2.79. The first kappa shape index (κ1) is 16.1. The summed E-state index contributed by atoms with van der Waals surface area (Å²) in [5, 5.41) is 3.02. The van der Waals surface area contributed by atoms with E-state index in [1.165, 1.54) is 6.07 Å². The van der Waals surface area contributed by atoms with Crippen LogP contribution in [0.25, 0.3) is 0 Å². The Hall–Kier alpha value is -2.40. The molecule has 1 amide bonds. The lowest BCUT2D eigenvalue weighted by Crippen LogP contribution is -2.29. The summed E-state index contributed by atoms with van der Waals surface area (Å²) in [7, 11) is 2.11. The van der Waals surface area contributed by atoms with Crippen molar-refractivity contribution in [2.75, 3.05) is 26.7 Å². The summed E-state index contributed by atoms with van der Waals surface area (Å²) >= 11 is 0. The van der Waals surface area contributed by atoms with Crippen LogP contribution in [0.4, 0.5) is 4.39 Å². The normalized spacial score (nSPS) is 22.7. The van der Waals surface area contributed by atoms with Crippen LogP contribution in [-0.4, -0.2) is 37.5 Å². The van der Waals surface area contributed by atoms with Crippen LogP contribution in [0.2, 0.25) is 0 Å². The number of amides is 1. The molecule has 0 radical (unpaired) electrons. The lowest BCUT2D eigenvalue weighted by Gasteiger charge is -2.17. The van der Waals surface area contributed by atoms with Gasteiger partial charge in [0.25, 0.3) is 5.91 Å². The quantitative estimate of drug-likeness (QED) is 0.934. The molecule has 0 bridgehead atoms. The van der Waals surface area contributed by atoms with Crippen molar-refractivity contribution < 1.29 is 13.9 Å². The van der Waals surface area contributed by atoms with E-state index in [4.69, 9.17) is 4.74 Å². The van der Waals surface area contributed by atoms with Crippen molar-refractivity contribution in [3.05, 3.63) is 65.0 Å². The summed E-state index contributed by atoms with van der Waals surface area (Å²) < 4.78 is 19.4. The molecule has 2 unspecified atom stereocenters. The number of hydrogen-bond acceptors (Lipinski definition) is 3. The van der Waals surface area contributed by atoms with Crippen LogP contribution in [0, 0.1) is 11.7 Å². The maximum atomic E-state index is 13.7. The summed E-state index contributed by atoms with van der Waals surface area (Å²) in [6.45, 7) is 2.80. The minimum atomic E-state index is -0.285. The molecule has 1 N–H and O–H groups in total. The maximum Gasteiger partial charge on any atom is 0.251 e. The number of carbonyl (C=O) groups is 1. The molecule has 0 aromatic heterocycles. The number of ether oxygens (including phenoxy) is 1. The molecule has 1 fully saturated rings. The van der Waals surface area contributed by atoms with Gasteiger partial charge in [-0.05, 0) is 36.7 Å². The van der Waals surface area contributed by atoms with Gasteiger partial charge in [0.15, 0.2) is 0 Å². The van der Waals surface area contributed by atoms with Crippen molar-refractivity contribution >= 4 is 5.91 Å². The zero-order chi connectivity index (χ0) is 17.4. The highest BCUT2D eigenvalue weighted by Gasteiger charge is 2.36. The van der Waals surface area contributed by atoms with E-state index in [0.29, 0.717) is 35.3 Å². The highest BCUT2D eigenvalue weighted by Crippen LogP contribution is 2.36. The summed E-state index contributed by atoms with van der Waals surface area (Å²) in [4.78, 5) is 14.8. The zero-order valence-electron chi connectivity index (χ0n) is 14.2. The number of hydrogen-bond donors (Lipinski definition) is 1. The molecule has 2 aliphatic heterocycles. The van der Waals surface area contributed by atoms with Crippen LogP contribution in [-0.2, 0) is 6.61 Å². The number of likely N-dealkylation sites (N-methyl/N-ethyl adjacent to an activating group) is 1. The van der Waals surface area contributed by atoms with Crippen LogP contribution < -0.4 is 10.1 Å². The van der Waals surface area contributed by atoms with Crippen molar-refractivity contribution in [2.45, 2.75) is 12.5 Å². The standard InChI is InChI=1S/C20H21FN2O2/c1-23-10-14-9-22-20(24)17-8-15(6-7-16(17)18(14)11-23)25-12-13-4-2-3-5-19(13)21/h2-8,14,18H,9-12H2,1H3,(H,22,24). The van der Waals surface area contributed by atoms with E-state index in [9.17, 15) is 9.18 Å². The van der Waals surface area contributed by atoms with Crippen LogP contribution >= 0.6 is 0 Å². The predicted molar refractivity (Wildman–Crippen MR) is 93.2 cm³/mol. The minimum Gasteiger partial charge on any atom is -0.489 e. The third-order valence-electron chi connectivity index (χ3n) is 5.17. The average molecular weight is 340 g/mol. The number of likely N-dealkylation sites (tertiary alicyclic amines) is 1. The van der Waals surface area contributed by atoms with Crippen LogP contribution in [0.15, 0.2) is 42.5 Å². The first-order chi connectivity index (χ1) is 12.1. The van der Waals surface area contributed by atoms with Gasteiger partial charge in [0, 0.05) is 36.7 Å². The van der Waals surface area contributed by atoms with E-state index in [1.54, 1.807) is 24.3 Å². The van der Waals surface area contributed by atoms with Gasteiger partial charge < -0.3 is 15.0 Å². The monoisotopic (exact) mass is 340 g/mol. The fourth-order valence-electron chi connectivity index (χ4n) is 3.89. The Morgan fingerprint density at radius 3 is 2.92 bits per heavy atom. The molecule has 2 aromatic rings. The number of nitrogens with zero attached hydrogens (tertiary/aromatic N) is 1. The second-order valence-corrected chi connectivity index (χ2v) is 6.93. The first-order valence-electron chi connectivity index (χ1n) is 8.58. The minimum absolute atomic E-state index is 0.0524. The summed E-state index contributed by atoms with van der Waals surface area (Å²) in [5.74, 6) is 1.05. The molecule has 4 rings (SSSR count). The molecule has 4 nitrogen and oxygen atoms in total. The number of halogens is 1. The Balaban J connectivity index is 1.58. The average Bonchev–Trinajstić information content (AvgIpc) is 2.94. The largest absolute Gasteiger partial charge is 0.489 e. The summed E-state index contributed by atoms with van der Waals surface area (Å²) in [6.07, 6.45) is 0. The molecule has 5 heteroatoms. The van der Waals surface area contributed by atoms with E-state index in [2.05, 4.69) is 17.3 Å². The highest BCUT2D eigenvalue weighted by molar-refractivity contribution is 5.96. The fraction of sp³-hybridized carbons (Fsp3) is 0.350. The van der Waals surface area contributed by atoms with Crippen LogP contribution in [0.1, 0.15) is 27.4 Å². The van der Waals surface area contributed by atoms with Gasteiger partial charge in [-0.3, -0.25) is 4.79 Å². The molecule has 0 saturated carbocycles. The Kier molecular flexibility index (Phi) is 4.17. The molecule has 1 saturated heterocycles. The van der Waals surface area contributed by atoms with Gasteiger partial charge in [-0.2, -0.15) is 0 Å². The second-order valence-electron chi connectivity index (χ2n) is 6.93. The summed E-state index contributed by atoms with van der Waals surface area (Å²) in [5.41, 5.74) is 2.26. The molecule has 2 aliphatic rings. The third-order valence-corrected chi connectivity index (χ3v) is 5.17. The van der Waals surface area contributed by atoms with Gasteiger partial charge >= 0.3 is 0 Å². The molecule has 130 valence electrons. The van der Waals surface area contributed by atoms with Crippen molar-refractivity contribution in [3.63, 3.8) is 0 Å². The van der Waals surface area contributed by atoms with E-state index < -0.39 is 0 Å². The SMILES string of the molecule is CN1CC2CNC(=O)c3cc(OCc4ccccc4F)ccc3C2C1. The second kappa shape index (κ2) is 6.48. The Morgan fingerprint density at radius 2 is 2.08 bits per heavy atom. The van der Waals surface area contributed by atoms with Crippen molar-refractivity contribution in [2.24, 2.45) is 5.92 Å². The van der Waals surface area contributed by atoms with Crippen LogP contribution in [0.3, 0.4) is 0 Å². The van der Waals surface area contributed by atoms with Gasteiger partial charge in [-0.15, -0.1) is 0 Å². The molecule has 0 aliphatic carbocycles. The van der Waals surface area contributed by atoms with Gasteiger partial charge in [0.2, 0.25) is 0 Å². The van der Waals surface area contributed by atoms with Crippen molar-refractivity contribution in [3.8, 4) is 5.75 Å². The third kappa shape index (κ3) is 3.12. The Bertz CT molecular complexity index is 808. The molecular formula is C20H21FN2O2. The van der Waals surface area contributed by atoms with E-state index in [1.807, 2.05) is 12.1 Å². The number of benzene rings is 2. The topological polar surface area (TPSA) is 41.6 Å². The first-order valence-corrected chi connectivity index (χ1v) is 8.58. The van der Waals surface area contributed by atoms with Gasteiger partial charge in [0.1, 0.15) is 18.2 Å². The molecule has 2 aromatic carbocycles. The zero-order valence-corrected chi connectivity index (χ0v) is 14.2. The van der Waals surface area contributed by atoms with E-state index >= 15 is 0 Å². The van der Waals surface area contributed by atoms with Gasteiger partial charge in [-0.1, -0.05) is 24.3 Å². The molecular weight excluding hydrogens is 319 g/mol. The Labute approximate surface area is 146 Å². The Morgan fingerprint density at radius 1 is 1.24 bits per heavy atom. The number of rotatable bonds is 3. The van der Waals surface area contributed by atoms with Crippen molar-refractivity contribution in [1.29, 1.82) is 0 Å². The van der Waals surface area contributed by atoms with Gasteiger partial charge in [0.05, 0.1) is 0 Å². The lowest BCUT2D eigenvalue weighted by atomic mass is 9.87. The smallest absolute Gasteiger partial charge is 0.251 e. The number of carbonyl (C=O) groups excluding carboxylic acids is 1. The number of nitrogens with one attached hydrogen (secondary N) is 1. The van der Waals surface area contributed by atoms with Crippen LogP contribution in [0.5, 0.6) is 5.75 Å².